The number of pyridine rings is 1. The summed E-state index contributed by atoms with van der Waals surface area (Å²) in [7, 11) is 1.58. The van der Waals surface area contributed by atoms with Crippen molar-refractivity contribution in [1.29, 1.82) is 0 Å². The third kappa shape index (κ3) is 3.35. The average molecular weight is 392 g/mol. The number of amides is 1. The second-order valence-corrected chi connectivity index (χ2v) is 6.69. The molecule has 1 amide bonds. The van der Waals surface area contributed by atoms with E-state index >= 15 is 0 Å². The van der Waals surface area contributed by atoms with Crippen LogP contribution in [-0.2, 0) is 0 Å². The van der Waals surface area contributed by atoms with E-state index in [0.29, 0.717) is 28.0 Å². The number of nitrogens with one attached hydrogen (secondary N) is 1. The number of anilines is 1. The summed E-state index contributed by atoms with van der Waals surface area (Å²) in [6.07, 6.45) is 1.65. The number of rotatable bonds is 5. The highest BCUT2D eigenvalue weighted by molar-refractivity contribution is 7.13. The van der Waals surface area contributed by atoms with Gasteiger partial charge in [0.05, 0.1) is 18.5 Å². The Morgan fingerprint density at radius 3 is 2.71 bits per heavy atom. The molecular weight excluding hydrogens is 376 g/mol. The van der Waals surface area contributed by atoms with Crippen LogP contribution in [0.2, 0.25) is 0 Å². The molecule has 0 aliphatic heterocycles. The van der Waals surface area contributed by atoms with Gasteiger partial charge in [-0.05, 0) is 31.2 Å². The van der Waals surface area contributed by atoms with Crippen LogP contribution in [0.15, 0.2) is 54.0 Å². The first-order chi connectivity index (χ1) is 13.7. The van der Waals surface area contributed by atoms with Crippen LogP contribution in [0.4, 0.5) is 5.13 Å². The molecule has 0 saturated carbocycles. The Balaban J connectivity index is 1.83. The van der Waals surface area contributed by atoms with E-state index in [1.54, 1.807) is 30.1 Å². The first-order valence-electron chi connectivity index (χ1n) is 8.41. The predicted molar refractivity (Wildman–Crippen MR) is 106 cm³/mol. The van der Waals surface area contributed by atoms with Gasteiger partial charge in [0, 0.05) is 11.6 Å². The number of para-hydroxylation sites is 2. The van der Waals surface area contributed by atoms with E-state index < -0.39 is 5.91 Å². The summed E-state index contributed by atoms with van der Waals surface area (Å²) in [6, 6.07) is 12.8. The van der Waals surface area contributed by atoms with Crippen LogP contribution in [-0.4, -0.2) is 38.0 Å². The van der Waals surface area contributed by atoms with E-state index in [4.69, 9.17) is 4.74 Å². The van der Waals surface area contributed by atoms with Crippen LogP contribution < -0.4 is 10.1 Å². The largest absolute Gasteiger partial charge is 0.494 e. The van der Waals surface area contributed by atoms with Crippen molar-refractivity contribution in [1.82, 2.24) is 25.0 Å². The topological polar surface area (TPSA) is 94.8 Å². The summed E-state index contributed by atoms with van der Waals surface area (Å²) in [5.74, 6) is 0.197. The molecule has 3 aromatic heterocycles. The molecule has 0 atom stereocenters. The maximum atomic E-state index is 12.9. The average Bonchev–Trinajstić information content (AvgIpc) is 3.34. The van der Waals surface area contributed by atoms with Gasteiger partial charge in [-0.2, -0.15) is 0 Å². The molecule has 1 aromatic carbocycles. The van der Waals surface area contributed by atoms with Gasteiger partial charge in [-0.1, -0.05) is 23.4 Å². The fourth-order valence-corrected chi connectivity index (χ4v) is 3.39. The minimum absolute atomic E-state index is 0.150. The molecule has 3 heterocycles. The smallest absolute Gasteiger partial charge is 0.280 e. The Hall–Kier alpha value is -3.59. The highest BCUT2D eigenvalue weighted by atomic mass is 32.1. The number of carbonyl (C=O) groups excluding carboxylic acids is 1. The molecule has 4 aromatic rings. The van der Waals surface area contributed by atoms with Crippen LogP contribution in [0.3, 0.4) is 0 Å². The number of aromatic nitrogens is 5. The zero-order valence-corrected chi connectivity index (χ0v) is 16.0. The van der Waals surface area contributed by atoms with Crippen molar-refractivity contribution in [3.63, 3.8) is 0 Å². The molecule has 0 radical (unpaired) electrons. The Kier molecular flexibility index (Phi) is 4.81. The van der Waals surface area contributed by atoms with Gasteiger partial charge in [0.15, 0.2) is 10.8 Å². The molecule has 0 aliphatic carbocycles. The lowest BCUT2D eigenvalue weighted by Crippen LogP contribution is -2.14. The van der Waals surface area contributed by atoms with Crippen LogP contribution in [0.1, 0.15) is 16.2 Å². The van der Waals surface area contributed by atoms with E-state index in [1.807, 2.05) is 42.6 Å². The fourth-order valence-electron chi connectivity index (χ4n) is 2.71. The van der Waals surface area contributed by atoms with Gasteiger partial charge in [-0.3, -0.25) is 15.1 Å². The van der Waals surface area contributed by atoms with Gasteiger partial charge in [0.2, 0.25) is 0 Å². The lowest BCUT2D eigenvalue weighted by Gasteiger charge is -2.11. The van der Waals surface area contributed by atoms with Crippen molar-refractivity contribution >= 4 is 22.4 Å². The number of aryl methyl sites for hydroxylation is 1. The molecule has 9 heteroatoms. The van der Waals surface area contributed by atoms with Crippen LogP contribution in [0, 0.1) is 6.92 Å². The highest BCUT2D eigenvalue weighted by Gasteiger charge is 2.25. The minimum atomic E-state index is -0.406. The summed E-state index contributed by atoms with van der Waals surface area (Å²) < 4.78 is 7.00. The quantitative estimate of drug-likeness (QED) is 0.560. The number of methoxy groups -OCH3 is 1. The van der Waals surface area contributed by atoms with Crippen molar-refractivity contribution in [2.24, 2.45) is 0 Å². The number of nitrogens with zero attached hydrogens (tertiary/aromatic N) is 5. The highest BCUT2D eigenvalue weighted by Crippen LogP contribution is 2.29. The number of carbonyl (C=O) groups is 1. The Bertz CT molecular complexity index is 1120. The zero-order valence-electron chi connectivity index (χ0n) is 15.2. The monoisotopic (exact) mass is 392 g/mol. The van der Waals surface area contributed by atoms with E-state index in [1.165, 1.54) is 11.3 Å². The van der Waals surface area contributed by atoms with Crippen molar-refractivity contribution < 1.29 is 9.53 Å². The second-order valence-electron chi connectivity index (χ2n) is 5.83. The van der Waals surface area contributed by atoms with Gasteiger partial charge in [-0.25, -0.2) is 9.67 Å². The van der Waals surface area contributed by atoms with Gasteiger partial charge in [-0.15, -0.1) is 16.4 Å². The first-order valence-corrected chi connectivity index (χ1v) is 9.29. The normalized spacial score (nSPS) is 10.6. The fraction of sp³-hybridized carbons (Fsp3) is 0.105. The van der Waals surface area contributed by atoms with Gasteiger partial charge in [0.1, 0.15) is 17.1 Å². The standard InChI is InChI=1S/C19H16N6O2S/c1-12-11-28-19(21-12)22-18(26)16-17(13-7-5-6-10-20-13)25(24-23-16)14-8-3-4-9-15(14)27-2/h3-11H,1-2H3,(H,21,22,26). The van der Waals surface area contributed by atoms with Gasteiger partial charge >= 0.3 is 0 Å². The molecular formula is C19H16N6O2S. The van der Waals surface area contributed by atoms with Gasteiger partial charge < -0.3 is 4.74 Å². The molecule has 140 valence electrons. The summed E-state index contributed by atoms with van der Waals surface area (Å²) in [5.41, 5.74) is 2.68. The Labute approximate surface area is 164 Å². The van der Waals surface area contributed by atoms with Crippen molar-refractivity contribution in [3.8, 4) is 22.8 Å². The second kappa shape index (κ2) is 7.57. The Morgan fingerprint density at radius 1 is 1.18 bits per heavy atom. The number of benzene rings is 1. The first kappa shape index (κ1) is 17.8. The lowest BCUT2D eigenvalue weighted by molar-refractivity contribution is 0.102. The number of thiazole rings is 1. The SMILES string of the molecule is COc1ccccc1-n1nnc(C(=O)Nc2nc(C)cs2)c1-c1ccccn1. The zero-order chi connectivity index (χ0) is 19.5. The van der Waals surface area contributed by atoms with Crippen molar-refractivity contribution in [3.05, 3.63) is 65.4 Å². The van der Waals surface area contributed by atoms with Crippen molar-refractivity contribution in [2.75, 3.05) is 12.4 Å². The minimum Gasteiger partial charge on any atom is -0.494 e. The van der Waals surface area contributed by atoms with E-state index in [0.717, 1.165) is 5.69 Å². The summed E-state index contributed by atoms with van der Waals surface area (Å²) in [5, 5.41) is 13.5. The summed E-state index contributed by atoms with van der Waals surface area (Å²) in [4.78, 5) is 21.5. The molecule has 28 heavy (non-hydrogen) atoms. The Morgan fingerprint density at radius 2 is 2.00 bits per heavy atom. The molecule has 0 fully saturated rings. The molecule has 8 nitrogen and oxygen atoms in total. The predicted octanol–water partition coefficient (Wildman–Crippen LogP) is 3.36. The van der Waals surface area contributed by atoms with E-state index in [-0.39, 0.29) is 5.69 Å². The third-order valence-corrected chi connectivity index (χ3v) is 4.82. The van der Waals surface area contributed by atoms with Crippen LogP contribution in [0.25, 0.3) is 17.1 Å². The number of ether oxygens (including phenoxy) is 1. The third-order valence-electron chi connectivity index (χ3n) is 3.95. The molecule has 1 N–H and O–H groups in total. The maximum Gasteiger partial charge on any atom is 0.280 e. The summed E-state index contributed by atoms with van der Waals surface area (Å²) in [6.45, 7) is 1.86. The maximum absolute atomic E-state index is 12.9. The summed E-state index contributed by atoms with van der Waals surface area (Å²) >= 11 is 1.35. The molecule has 0 bridgehead atoms. The molecule has 0 aliphatic rings. The van der Waals surface area contributed by atoms with E-state index in [9.17, 15) is 4.79 Å². The molecule has 0 unspecified atom stereocenters. The van der Waals surface area contributed by atoms with Crippen molar-refractivity contribution in [2.45, 2.75) is 6.92 Å². The lowest BCUT2D eigenvalue weighted by atomic mass is 10.2. The molecule has 0 spiro atoms. The van der Waals surface area contributed by atoms with E-state index in [2.05, 4.69) is 25.6 Å². The van der Waals surface area contributed by atoms with Crippen LogP contribution in [0.5, 0.6) is 5.75 Å². The molecule has 0 saturated heterocycles. The van der Waals surface area contributed by atoms with Gasteiger partial charge in [0.25, 0.3) is 5.91 Å². The number of hydrogen-bond donors (Lipinski definition) is 1. The van der Waals surface area contributed by atoms with Crippen LogP contribution >= 0.6 is 11.3 Å². The molecule has 4 rings (SSSR count). The number of hydrogen-bond acceptors (Lipinski definition) is 7.